The van der Waals surface area contributed by atoms with Gasteiger partial charge in [0.1, 0.15) is 5.60 Å². The second-order valence-electron chi connectivity index (χ2n) is 6.23. The fourth-order valence-corrected chi connectivity index (χ4v) is 1.79. The van der Waals surface area contributed by atoms with Crippen LogP contribution in [0.15, 0.2) is 23.9 Å². The van der Waals surface area contributed by atoms with Crippen LogP contribution in [0.5, 0.6) is 0 Å². The molecule has 0 spiro atoms. The SMILES string of the molecule is C/C(N)=C\c1cc(Cl)ccc1C.CCCC(=O)OC(C)(C)C. The minimum atomic E-state index is -0.327. The van der Waals surface area contributed by atoms with Crippen LogP contribution in [0.1, 0.15) is 58.6 Å². The van der Waals surface area contributed by atoms with Crippen LogP contribution >= 0.6 is 11.6 Å². The van der Waals surface area contributed by atoms with Crippen molar-refractivity contribution in [2.45, 2.75) is 60.0 Å². The molecule has 0 aliphatic carbocycles. The summed E-state index contributed by atoms with van der Waals surface area (Å²) < 4.78 is 5.04. The summed E-state index contributed by atoms with van der Waals surface area (Å²) >= 11 is 5.83. The van der Waals surface area contributed by atoms with Crippen LogP contribution in [-0.4, -0.2) is 11.6 Å². The first-order valence-corrected chi connectivity index (χ1v) is 7.84. The van der Waals surface area contributed by atoms with Gasteiger partial charge in [0.05, 0.1) is 0 Å². The van der Waals surface area contributed by atoms with Crippen LogP contribution in [0.25, 0.3) is 6.08 Å². The van der Waals surface area contributed by atoms with Gasteiger partial charge in [-0.3, -0.25) is 4.79 Å². The van der Waals surface area contributed by atoms with Gasteiger partial charge in [0.25, 0.3) is 0 Å². The lowest BCUT2D eigenvalue weighted by Crippen LogP contribution is -2.23. The topological polar surface area (TPSA) is 52.3 Å². The Hall–Kier alpha value is -1.48. The molecule has 4 heteroatoms. The predicted octanol–water partition coefficient (Wildman–Crippen LogP) is 5.10. The summed E-state index contributed by atoms with van der Waals surface area (Å²) in [6.45, 7) is 11.5. The number of allylic oxidation sites excluding steroid dienone is 1. The van der Waals surface area contributed by atoms with Crippen molar-refractivity contribution in [1.82, 2.24) is 0 Å². The van der Waals surface area contributed by atoms with E-state index in [2.05, 4.69) is 0 Å². The van der Waals surface area contributed by atoms with Gasteiger partial charge >= 0.3 is 5.97 Å². The Bertz CT molecular complexity index is 512. The van der Waals surface area contributed by atoms with Crippen molar-refractivity contribution < 1.29 is 9.53 Å². The van der Waals surface area contributed by atoms with E-state index in [1.54, 1.807) is 0 Å². The summed E-state index contributed by atoms with van der Waals surface area (Å²) in [6.07, 6.45) is 3.30. The number of esters is 1. The molecule has 0 saturated carbocycles. The fraction of sp³-hybridized carbons (Fsp3) is 0.500. The first-order valence-electron chi connectivity index (χ1n) is 7.47. The van der Waals surface area contributed by atoms with Gasteiger partial charge in [-0.1, -0.05) is 24.6 Å². The number of benzene rings is 1. The highest BCUT2D eigenvalue weighted by molar-refractivity contribution is 6.30. The van der Waals surface area contributed by atoms with E-state index in [9.17, 15) is 4.79 Å². The maximum absolute atomic E-state index is 10.8. The van der Waals surface area contributed by atoms with E-state index < -0.39 is 0 Å². The third-order valence-corrected chi connectivity index (χ3v) is 2.73. The maximum atomic E-state index is 10.8. The third kappa shape index (κ3) is 10.3. The van der Waals surface area contributed by atoms with Crippen LogP contribution in [0.2, 0.25) is 5.02 Å². The van der Waals surface area contributed by atoms with Crippen molar-refractivity contribution in [1.29, 1.82) is 0 Å². The van der Waals surface area contributed by atoms with E-state index in [-0.39, 0.29) is 11.6 Å². The number of carbonyl (C=O) groups excluding carboxylic acids is 1. The predicted molar refractivity (Wildman–Crippen MR) is 94.8 cm³/mol. The Morgan fingerprint density at radius 2 is 1.95 bits per heavy atom. The molecule has 0 unspecified atom stereocenters. The molecule has 0 aliphatic heterocycles. The molecule has 3 nitrogen and oxygen atoms in total. The average molecular weight is 326 g/mol. The molecule has 1 rings (SSSR count). The molecule has 0 atom stereocenters. The highest BCUT2D eigenvalue weighted by atomic mass is 35.5. The second kappa shape index (κ2) is 9.52. The van der Waals surface area contributed by atoms with Crippen LogP contribution in [0.3, 0.4) is 0 Å². The lowest BCUT2D eigenvalue weighted by molar-refractivity contribution is -0.154. The molecule has 0 fully saturated rings. The van der Waals surface area contributed by atoms with Crippen LogP contribution in [0, 0.1) is 6.92 Å². The summed E-state index contributed by atoms with van der Waals surface area (Å²) in [5.74, 6) is -0.102. The minimum Gasteiger partial charge on any atom is -0.460 e. The smallest absolute Gasteiger partial charge is 0.306 e. The first-order chi connectivity index (χ1) is 10.0. The molecule has 1 aromatic rings. The van der Waals surface area contributed by atoms with Gasteiger partial charge in [0, 0.05) is 17.1 Å². The van der Waals surface area contributed by atoms with Crippen molar-refractivity contribution in [2.24, 2.45) is 5.73 Å². The van der Waals surface area contributed by atoms with Gasteiger partial charge in [0.2, 0.25) is 0 Å². The quantitative estimate of drug-likeness (QED) is 0.787. The van der Waals surface area contributed by atoms with E-state index in [1.165, 1.54) is 5.56 Å². The molecule has 22 heavy (non-hydrogen) atoms. The lowest BCUT2D eigenvalue weighted by atomic mass is 10.1. The zero-order valence-electron chi connectivity index (χ0n) is 14.5. The molecule has 0 saturated heterocycles. The van der Waals surface area contributed by atoms with E-state index in [0.29, 0.717) is 6.42 Å². The monoisotopic (exact) mass is 325 g/mol. The van der Waals surface area contributed by atoms with Crippen LogP contribution in [-0.2, 0) is 9.53 Å². The van der Waals surface area contributed by atoms with Gasteiger partial charge in [-0.2, -0.15) is 0 Å². The van der Waals surface area contributed by atoms with E-state index in [1.807, 2.05) is 65.8 Å². The Balaban J connectivity index is 0.000000409. The zero-order valence-corrected chi connectivity index (χ0v) is 15.3. The highest BCUT2D eigenvalue weighted by Gasteiger charge is 2.14. The molecule has 0 amide bonds. The Labute approximate surface area is 139 Å². The number of ether oxygens (including phenoxy) is 1. The number of aryl methyl sites for hydroxylation is 1. The zero-order chi connectivity index (χ0) is 17.3. The average Bonchev–Trinajstić information content (AvgIpc) is 2.32. The largest absolute Gasteiger partial charge is 0.460 e. The molecule has 1 aromatic carbocycles. The minimum absolute atomic E-state index is 0.102. The van der Waals surface area contributed by atoms with Crippen molar-refractivity contribution in [3.05, 3.63) is 40.0 Å². The number of nitrogens with two attached hydrogens (primary N) is 1. The molecule has 0 heterocycles. The highest BCUT2D eigenvalue weighted by Crippen LogP contribution is 2.17. The first kappa shape index (κ1) is 20.5. The molecule has 0 aromatic heterocycles. The lowest BCUT2D eigenvalue weighted by Gasteiger charge is -2.18. The summed E-state index contributed by atoms with van der Waals surface area (Å²) in [4.78, 5) is 10.8. The molecule has 0 bridgehead atoms. The Morgan fingerprint density at radius 1 is 1.36 bits per heavy atom. The van der Waals surface area contributed by atoms with Crippen molar-refractivity contribution >= 4 is 23.6 Å². The maximum Gasteiger partial charge on any atom is 0.306 e. The summed E-state index contributed by atoms with van der Waals surface area (Å²) in [7, 11) is 0. The van der Waals surface area contributed by atoms with Gasteiger partial charge in [0.15, 0.2) is 0 Å². The van der Waals surface area contributed by atoms with E-state index in [4.69, 9.17) is 22.1 Å². The van der Waals surface area contributed by atoms with Gasteiger partial charge in [-0.05, 0) is 70.4 Å². The molecular weight excluding hydrogens is 298 g/mol. The molecule has 2 N–H and O–H groups in total. The van der Waals surface area contributed by atoms with Crippen LogP contribution in [0.4, 0.5) is 0 Å². The number of carbonyl (C=O) groups is 1. The van der Waals surface area contributed by atoms with Crippen molar-refractivity contribution in [3.63, 3.8) is 0 Å². The molecule has 0 radical (unpaired) electrons. The molecule has 0 aliphatic rings. The standard InChI is InChI=1S/C10H12ClN.C8H16O2/c1-7-3-4-10(11)6-9(7)5-8(2)12;1-5-6-7(9)10-8(2,3)4/h3-6H,12H2,1-2H3;5-6H2,1-4H3/b8-5+;. The van der Waals surface area contributed by atoms with Crippen molar-refractivity contribution in [2.75, 3.05) is 0 Å². The van der Waals surface area contributed by atoms with Gasteiger partial charge in [-0.25, -0.2) is 0 Å². The van der Waals surface area contributed by atoms with Crippen LogP contribution < -0.4 is 5.73 Å². The molecule has 124 valence electrons. The Morgan fingerprint density at radius 3 is 2.41 bits per heavy atom. The number of hydrogen-bond acceptors (Lipinski definition) is 3. The number of hydrogen-bond donors (Lipinski definition) is 1. The van der Waals surface area contributed by atoms with E-state index >= 15 is 0 Å². The van der Waals surface area contributed by atoms with Gasteiger partial charge in [-0.15, -0.1) is 0 Å². The third-order valence-electron chi connectivity index (χ3n) is 2.50. The summed E-state index contributed by atoms with van der Waals surface area (Å²) in [5.41, 5.74) is 8.30. The molecular formula is C18H28ClNO2. The van der Waals surface area contributed by atoms with E-state index in [0.717, 1.165) is 22.7 Å². The van der Waals surface area contributed by atoms with Crippen molar-refractivity contribution in [3.8, 4) is 0 Å². The fourth-order valence-electron chi connectivity index (χ4n) is 1.61. The normalized spacial score (nSPS) is 11.5. The number of rotatable bonds is 3. The Kier molecular flexibility index (Phi) is 8.88. The van der Waals surface area contributed by atoms with Gasteiger partial charge < -0.3 is 10.5 Å². The number of halogens is 1. The summed E-state index contributed by atoms with van der Waals surface area (Å²) in [5, 5.41) is 0.744. The second-order valence-corrected chi connectivity index (χ2v) is 6.66. The summed E-state index contributed by atoms with van der Waals surface area (Å²) in [6, 6.07) is 5.77.